The molecule has 0 saturated carbocycles. The molecule has 9 heteroatoms. The molecule has 1 heterocycles. The van der Waals surface area contributed by atoms with Crippen molar-refractivity contribution in [3.63, 3.8) is 0 Å². The molecule has 0 bridgehead atoms. The van der Waals surface area contributed by atoms with Gasteiger partial charge in [0.1, 0.15) is 5.38 Å². The second-order valence-corrected chi connectivity index (χ2v) is 6.83. The highest BCUT2D eigenvalue weighted by atomic mass is 35.5. The maximum absolute atomic E-state index is 13.7. The number of aromatic nitrogens is 1. The van der Waals surface area contributed by atoms with E-state index in [1.807, 2.05) is 0 Å². The molecule has 3 rings (SSSR count). The molecule has 2 unspecified atom stereocenters. The van der Waals surface area contributed by atoms with Crippen LogP contribution in [-0.4, -0.2) is 34.1 Å². The van der Waals surface area contributed by atoms with Gasteiger partial charge in [-0.25, -0.2) is 13.6 Å². The number of carbonyl (C=O) groups is 2. The Morgan fingerprint density at radius 1 is 1.21 bits per heavy atom. The van der Waals surface area contributed by atoms with E-state index in [2.05, 4.69) is 10.3 Å². The maximum atomic E-state index is 13.7. The Labute approximate surface area is 163 Å². The van der Waals surface area contributed by atoms with Gasteiger partial charge < -0.3 is 15.2 Å². The summed E-state index contributed by atoms with van der Waals surface area (Å²) in [6.07, 6.45) is 5.48. The number of aromatic amines is 1. The van der Waals surface area contributed by atoms with Crippen LogP contribution in [0.5, 0.6) is 0 Å². The Bertz CT molecular complexity index is 1090. The minimum absolute atomic E-state index is 0.0153. The van der Waals surface area contributed by atoms with Gasteiger partial charge in [0.25, 0.3) is 5.56 Å². The highest BCUT2D eigenvalue weighted by molar-refractivity contribution is 6.34. The van der Waals surface area contributed by atoms with Crippen LogP contribution >= 0.6 is 11.6 Å². The Morgan fingerprint density at radius 2 is 1.86 bits per heavy atom. The van der Waals surface area contributed by atoms with Crippen molar-refractivity contribution in [2.24, 2.45) is 0 Å². The van der Waals surface area contributed by atoms with Gasteiger partial charge in [0.15, 0.2) is 17.4 Å². The lowest BCUT2D eigenvalue weighted by molar-refractivity contribution is -0.113. The minimum Gasteiger partial charge on any atom is -0.328 e. The maximum Gasteiger partial charge on any atom is 0.322 e. The van der Waals surface area contributed by atoms with Crippen LogP contribution in [0.25, 0.3) is 10.8 Å². The molecule has 0 aliphatic heterocycles. The first-order valence-corrected chi connectivity index (χ1v) is 8.74. The molecule has 2 atom stereocenters. The average Bonchev–Trinajstić information content (AvgIpc) is 2.65. The SMILES string of the molecule is CC(c1c[nH]c(=O)c2cc(F)c(F)cc12)N(C)C(=O)NC1=CC(Cl)C(=O)C=C1. The molecular weight excluding hydrogens is 392 g/mol. The van der Waals surface area contributed by atoms with E-state index in [1.54, 1.807) is 6.92 Å². The largest absolute Gasteiger partial charge is 0.328 e. The molecular formula is C19H16ClF2N3O3. The predicted molar refractivity (Wildman–Crippen MR) is 101 cm³/mol. The number of hydrogen-bond donors (Lipinski definition) is 2. The summed E-state index contributed by atoms with van der Waals surface area (Å²) in [6.45, 7) is 1.67. The van der Waals surface area contributed by atoms with E-state index in [1.165, 1.54) is 36.4 Å². The topological polar surface area (TPSA) is 82.3 Å². The van der Waals surface area contributed by atoms with Crippen LogP contribution < -0.4 is 10.9 Å². The molecule has 0 spiro atoms. The lowest BCUT2D eigenvalue weighted by atomic mass is 10.0. The molecule has 0 fully saturated rings. The third kappa shape index (κ3) is 3.68. The van der Waals surface area contributed by atoms with Gasteiger partial charge in [-0.05, 0) is 48.2 Å². The third-order valence-electron chi connectivity index (χ3n) is 4.60. The molecule has 0 radical (unpaired) electrons. The fraction of sp³-hybridized carbons (Fsp3) is 0.211. The smallest absolute Gasteiger partial charge is 0.322 e. The number of hydrogen-bond acceptors (Lipinski definition) is 3. The Morgan fingerprint density at radius 3 is 2.50 bits per heavy atom. The van der Waals surface area contributed by atoms with Crippen LogP contribution in [0.1, 0.15) is 18.5 Å². The second kappa shape index (κ2) is 7.55. The van der Waals surface area contributed by atoms with Crippen LogP contribution in [0, 0.1) is 11.6 Å². The van der Waals surface area contributed by atoms with Crippen molar-refractivity contribution in [1.29, 1.82) is 0 Å². The van der Waals surface area contributed by atoms with Crippen LogP contribution in [0.2, 0.25) is 0 Å². The molecule has 2 amide bonds. The summed E-state index contributed by atoms with van der Waals surface area (Å²) in [5.74, 6) is -2.50. The zero-order valence-corrected chi connectivity index (χ0v) is 15.7. The van der Waals surface area contributed by atoms with E-state index in [0.29, 0.717) is 11.3 Å². The monoisotopic (exact) mass is 407 g/mol. The molecule has 1 aromatic carbocycles. The number of amides is 2. The number of urea groups is 1. The fourth-order valence-electron chi connectivity index (χ4n) is 2.86. The van der Waals surface area contributed by atoms with Crippen LogP contribution in [0.15, 0.2) is 47.0 Å². The van der Waals surface area contributed by atoms with Crippen molar-refractivity contribution in [2.45, 2.75) is 18.3 Å². The van der Waals surface area contributed by atoms with E-state index >= 15 is 0 Å². The van der Waals surface area contributed by atoms with Gasteiger partial charge in [-0.15, -0.1) is 11.6 Å². The molecule has 1 aliphatic carbocycles. The number of H-pyrrole nitrogens is 1. The summed E-state index contributed by atoms with van der Waals surface area (Å²) in [5, 5.41) is 1.95. The van der Waals surface area contributed by atoms with Crippen molar-refractivity contribution in [3.8, 4) is 0 Å². The molecule has 0 saturated heterocycles. The number of fused-ring (bicyclic) bond motifs is 1. The van der Waals surface area contributed by atoms with Crippen molar-refractivity contribution in [2.75, 3.05) is 7.05 Å². The molecule has 146 valence electrons. The fourth-order valence-corrected chi connectivity index (χ4v) is 3.07. The normalized spacial score (nSPS) is 17.4. The number of nitrogens with one attached hydrogen (secondary N) is 2. The Balaban J connectivity index is 1.89. The van der Waals surface area contributed by atoms with E-state index in [-0.39, 0.29) is 16.6 Å². The van der Waals surface area contributed by atoms with Crippen molar-refractivity contribution in [3.05, 3.63) is 69.8 Å². The standard InChI is InChI=1S/C19H16ClF2N3O3/c1-9(25(2)19(28)24-10-3-4-17(26)14(20)5-10)13-8-23-18(27)12-7-16(22)15(21)6-11(12)13/h3-9,14H,1-2H3,(H,23,27)(H,24,28). The third-order valence-corrected chi connectivity index (χ3v) is 4.94. The Hall–Kier alpha value is -3.00. The van der Waals surface area contributed by atoms with Crippen LogP contribution in [-0.2, 0) is 4.79 Å². The quantitative estimate of drug-likeness (QED) is 0.767. The highest BCUT2D eigenvalue weighted by Crippen LogP contribution is 2.27. The van der Waals surface area contributed by atoms with E-state index < -0.39 is 34.6 Å². The molecule has 1 aliphatic rings. The number of halogens is 3. The zero-order valence-electron chi connectivity index (χ0n) is 14.9. The van der Waals surface area contributed by atoms with Gasteiger partial charge in [-0.2, -0.15) is 0 Å². The number of allylic oxidation sites excluding steroid dienone is 3. The van der Waals surface area contributed by atoms with Gasteiger partial charge in [-0.1, -0.05) is 0 Å². The van der Waals surface area contributed by atoms with Gasteiger partial charge in [0.05, 0.1) is 11.4 Å². The van der Waals surface area contributed by atoms with Crippen molar-refractivity contribution in [1.82, 2.24) is 15.2 Å². The number of rotatable bonds is 3. The van der Waals surface area contributed by atoms with Crippen molar-refractivity contribution < 1.29 is 18.4 Å². The summed E-state index contributed by atoms with van der Waals surface area (Å²) in [6, 6.07) is 0.664. The summed E-state index contributed by atoms with van der Waals surface area (Å²) in [4.78, 5) is 39.7. The summed E-state index contributed by atoms with van der Waals surface area (Å²) in [7, 11) is 1.51. The lowest BCUT2D eigenvalue weighted by Crippen LogP contribution is -2.39. The molecule has 2 aromatic rings. The van der Waals surface area contributed by atoms with Crippen molar-refractivity contribution >= 4 is 34.2 Å². The lowest BCUT2D eigenvalue weighted by Gasteiger charge is -2.27. The molecule has 1 aromatic heterocycles. The highest BCUT2D eigenvalue weighted by Gasteiger charge is 2.23. The summed E-state index contributed by atoms with van der Waals surface area (Å²) >= 11 is 5.85. The average molecular weight is 408 g/mol. The summed E-state index contributed by atoms with van der Waals surface area (Å²) in [5.41, 5.74) is 0.236. The number of nitrogens with zero attached hydrogens (tertiary/aromatic N) is 1. The number of ketones is 1. The first-order valence-electron chi connectivity index (χ1n) is 8.31. The number of benzene rings is 1. The number of carbonyl (C=O) groups excluding carboxylic acids is 2. The van der Waals surface area contributed by atoms with Gasteiger partial charge in [-0.3, -0.25) is 9.59 Å². The first-order chi connectivity index (χ1) is 13.2. The van der Waals surface area contributed by atoms with Gasteiger partial charge in [0.2, 0.25) is 0 Å². The second-order valence-electron chi connectivity index (χ2n) is 6.36. The van der Waals surface area contributed by atoms with Crippen LogP contribution in [0.3, 0.4) is 0 Å². The number of pyridine rings is 1. The predicted octanol–water partition coefficient (Wildman–Crippen LogP) is 3.14. The zero-order chi connectivity index (χ0) is 20.6. The molecule has 6 nitrogen and oxygen atoms in total. The minimum atomic E-state index is -1.13. The molecule has 28 heavy (non-hydrogen) atoms. The van der Waals surface area contributed by atoms with Gasteiger partial charge >= 0.3 is 6.03 Å². The number of alkyl halides is 1. The van der Waals surface area contributed by atoms with Crippen LogP contribution in [0.4, 0.5) is 13.6 Å². The summed E-state index contributed by atoms with van der Waals surface area (Å²) < 4.78 is 27.2. The van der Waals surface area contributed by atoms with Gasteiger partial charge in [0, 0.05) is 18.9 Å². The Kier molecular flexibility index (Phi) is 5.33. The van der Waals surface area contributed by atoms with E-state index in [4.69, 9.17) is 11.6 Å². The van der Waals surface area contributed by atoms with E-state index in [0.717, 1.165) is 12.1 Å². The first kappa shape index (κ1) is 19.8. The molecule has 2 N–H and O–H groups in total. The van der Waals surface area contributed by atoms with E-state index in [9.17, 15) is 23.2 Å².